The van der Waals surface area contributed by atoms with Crippen LogP contribution in [0.25, 0.3) is 21.0 Å². The van der Waals surface area contributed by atoms with Crippen molar-refractivity contribution in [3.05, 3.63) is 77.6 Å². The average molecular weight is 404 g/mol. The lowest BCUT2D eigenvalue weighted by Gasteiger charge is -2.34. The highest BCUT2D eigenvalue weighted by molar-refractivity contribution is 7.21. The molecule has 0 saturated heterocycles. The molecule has 6 nitrogen and oxygen atoms in total. The quantitative estimate of drug-likeness (QED) is 0.548. The molecule has 7 heteroatoms. The summed E-state index contributed by atoms with van der Waals surface area (Å²) in [7, 11) is 0. The van der Waals surface area contributed by atoms with Gasteiger partial charge in [-0.2, -0.15) is 0 Å². The molecule has 2 aromatic carbocycles. The lowest BCUT2D eigenvalue weighted by Crippen LogP contribution is -2.43. The van der Waals surface area contributed by atoms with Gasteiger partial charge in [0.15, 0.2) is 22.6 Å². The fourth-order valence-corrected chi connectivity index (χ4v) is 4.67. The van der Waals surface area contributed by atoms with Crippen LogP contribution in [-0.2, 0) is 11.2 Å². The van der Waals surface area contributed by atoms with Crippen LogP contribution in [0.3, 0.4) is 0 Å². The summed E-state index contributed by atoms with van der Waals surface area (Å²) in [6.07, 6.45) is 0.608. The number of nitrogens with zero attached hydrogens (tertiary/aromatic N) is 2. The van der Waals surface area contributed by atoms with Crippen molar-refractivity contribution in [3.63, 3.8) is 0 Å². The number of hydrogen-bond donors (Lipinski definition) is 1. The summed E-state index contributed by atoms with van der Waals surface area (Å²) in [4.78, 5) is 31.0. The number of carbonyl (C=O) groups excluding carboxylic acids is 1. The Morgan fingerprint density at radius 1 is 1.07 bits per heavy atom. The number of benzene rings is 2. The van der Waals surface area contributed by atoms with E-state index in [4.69, 9.17) is 4.42 Å². The van der Waals surface area contributed by atoms with E-state index in [9.17, 15) is 14.7 Å². The molecule has 0 spiro atoms. The number of carbonyl (C=O) groups is 2. The Balaban J connectivity index is 1.47. The second kappa shape index (κ2) is 6.86. The van der Waals surface area contributed by atoms with Crippen molar-refractivity contribution < 1.29 is 19.1 Å². The maximum Gasteiger partial charge on any atom is 0.331 e. The van der Waals surface area contributed by atoms with E-state index in [1.54, 1.807) is 24.3 Å². The number of aromatic nitrogens is 1. The molecule has 3 heterocycles. The highest BCUT2D eigenvalue weighted by Crippen LogP contribution is 2.34. The Bertz CT molecular complexity index is 1210. The summed E-state index contributed by atoms with van der Waals surface area (Å²) in [5.74, 6) is -0.869. The first kappa shape index (κ1) is 17.6. The minimum atomic E-state index is -1.05. The molecule has 4 aromatic rings. The molecule has 0 saturated carbocycles. The Labute approximate surface area is 170 Å². The van der Waals surface area contributed by atoms with E-state index >= 15 is 0 Å². The van der Waals surface area contributed by atoms with Gasteiger partial charge in [0.25, 0.3) is 5.91 Å². The number of amides is 1. The zero-order valence-electron chi connectivity index (χ0n) is 15.2. The summed E-state index contributed by atoms with van der Waals surface area (Å²) >= 11 is 1.48. The van der Waals surface area contributed by atoms with Gasteiger partial charge in [0.2, 0.25) is 0 Å². The predicted octanol–water partition coefficient (Wildman–Crippen LogP) is 4.38. The maximum atomic E-state index is 13.1. The molecule has 5 rings (SSSR count). The summed E-state index contributed by atoms with van der Waals surface area (Å²) < 4.78 is 6.83. The molecule has 144 valence electrons. The SMILES string of the molecule is O=C(O)[C@H]1c2ccccc2CCN1C(=O)c1ccc(-c2nc3ccccc3s2)o1. The van der Waals surface area contributed by atoms with Crippen molar-refractivity contribution in [2.24, 2.45) is 0 Å². The lowest BCUT2D eigenvalue weighted by molar-refractivity contribution is -0.143. The summed E-state index contributed by atoms with van der Waals surface area (Å²) in [6, 6.07) is 17.4. The molecule has 29 heavy (non-hydrogen) atoms. The standard InChI is InChI=1S/C22H16N2O4S/c25-21(24-12-11-13-5-1-2-6-14(13)19(24)22(26)27)17-10-9-16(28-17)20-23-15-7-3-4-8-18(15)29-20/h1-10,19H,11-12H2,(H,26,27)/t19-/m1/s1. The van der Waals surface area contributed by atoms with Gasteiger partial charge in [0, 0.05) is 6.54 Å². The zero-order valence-corrected chi connectivity index (χ0v) is 16.1. The van der Waals surface area contributed by atoms with Crippen LogP contribution in [0.15, 0.2) is 65.1 Å². The topological polar surface area (TPSA) is 83.6 Å². The molecule has 0 unspecified atom stereocenters. The van der Waals surface area contributed by atoms with Crippen LogP contribution >= 0.6 is 11.3 Å². The fourth-order valence-electron chi connectivity index (χ4n) is 3.74. The van der Waals surface area contributed by atoms with Crippen LogP contribution < -0.4 is 0 Å². The summed E-state index contributed by atoms with van der Waals surface area (Å²) in [5.41, 5.74) is 2.48. The van der Waals surface area contributed by atoms with E-state index in [-0.39, 0.29) is 5.76 Å². The van der Waals surface area contributed by atoms with Crippen molar-refractivity contribution in [2.75, 3.05) is 6.54 Å². The number of para-hydroxylation sites is 1. The molecule has 0 fully saturated rings. The molecule has 0 aliphatic carbocycles. The third kappa shape index (κ3) is 3.00. The Kier molecular flexibility index (Phi) is 4.17. The fraction of sp³-hybridized carbons (Fsp3) is 0.136. The molecule has 0 bridgehead atoms. The third-order valence-corrected chi connectivity index (χ3v) is 6.15. The zero-order chi connectivity index (χ0) is 20.0. The molecule has 1 atom stereocenters. The van der Waals surface area contributed by atoms with Crippen molar-refractivity contribution in [1.29, 1.82) is 0 Å². The maximum absolute atomic E-state index is 13.1. The largest absolute Gasteiger partial charge is 0.479 e. The van der Waals surface area contributed by atoms with Crippen LogP contribution in [0.5, 0.6) is 0 Å². The van der Waals surface area contributed by atoms with E-state index in [0.717, 1.165) is 15.8 Å². The van der Waals surface area contributed by atoms with E-state index in [1.165, 1.54) is 16.2 Å². The van der Waals surface area contributed by atoms with Gasteiger partial charge < -0.3 is 14.4 Å². The molecule has 1 amide bonds. The Morgan fingerprint density at radius 2 is 1.86 bits per heavy atom. The number of rotatable bonds is 3. The van der Waals surface area contributed by atoms with Crippen molar-refractivity contribution in [2.45, 2.75) is 12.5 Å². The number of thiazole rings is 1. The summed E-state index contributed by atoms with van der Waals surface area (Å²) in [5, 5.41) is 10.5. The summed E-state index contributed by atoms with van der Waals surface area (Å²) in [6.45, 7) is 0.323. The van der Waals surface area contributed by atoms with Crippen LogP contribution in [-0.4, -0.2) is 33.4 Å². The smallest absolute Gasteiger partial charge is 0.331 e. The van der Waals surface area contributed by atoms with Gasteiger partial charge in [0.1, 0.15) is 0 Å². The lowest BCUT2D eigenvalue weighted by atomic mass is 9.92. The Morgan fingerprint density at radius 3 is 2.69 bits per heavy atom. The average Bonchev–Trinajstić information content (AvgIpc) is 3.39. The highest BCUT2D eigenvalue weighted by atomic mass is 32.1. The van der Waals surface area contributed by atoms with E-state index in [1.807, 2.05) is 36.4 Å². The second-order valence-corrected chi connectivity index (χ2v) is 7.87. The number of fused-ring (bicyclic) bond motifs is 2. The van der Waals surface area contributed by atoms with Crippen LogP contribution in [0, 0.1) is 0 Å². The number of furan rings is 1. The molecule has 1 N–H and O–H groups in total. The molecule has 1 aliphatic heterocycles. The van der Waals surface area contributed by atoms with Crippen LogP contribution in [0.2, 0.25) is 0 Å². The number of carboxylic acids is 1. The van der Waals surface area contributed by atoms with E-state index in [0.29, 0.717) is 29.3 Å². The number of aliphatic carboxylic acids is 1. The monoisotopic (exact) mass is 404 g/mol. The van der Waals surface area contributed by atoms with E-state index in [2.05, 4.69) is 4.98 Å². The minimum Gasteiger partial charge on any atom is -0.479 e. The molecule has 0 radical (unpaired) electrons. The molecular weight excluding hydrogens is 388 g/mol. The molecule has 2 aromatic heterocycles. The normalized spacial score (nSPS) is 16.0. The molecule has 1 aliphatic rings. The number of carboxylic acid groups (broad SMARTS) is 1. The second-order valence-electron chi connectivity index (χ2n) is 6.84. The first-order valence-electron chi connectivity index (χ1n) is 9.19. The van der Waals surface area contributed by atoms with Crippen molar-refractivity contribution >= 4 is 33.4 Å². The van der Waals surface area contributed by atoms with Gasteiger partial charge in [-0.3, -0.25) is 4.79 Å². The number of hydrogen-bond acceptors (Lipinski definition) is 5. The highest BCUT2D eigenvalue weighted by Gasteiger charge is 2.37. The van der Waals surface area contributed by atoms with Gasteiger partial charge in [-0.25, -0.2) is 9.78 Å². The first-order chi connectivity index (χ1) is 14.1. The first-order valence-corrected chi connectivity index (χ1v) is 10.0. The van der Waals surface area contributed by atoms with Crippen molar-refractivity contribution in [1.82, 2.24) is 9.88 Å². The van der Waals surface area contributed by atoms with Crippen LogP contribution in [0.1, 0.15) is 27.7 Å². The van der Waals surface area contributed by atoms with Crippen molar-refractivity contribution in [3.8, 4) is 10.8 Å². The molecular formula is C22H16N2O4S. The van der Waals surface area contributed by atoms with Gasteiger partial charge >= 0.3 is 5.97 Å². The van der Waals surface area contributed by atoms with E-state index < -0.39 is 17.9 Å². The Hall–Kier alpha value is -3.45. The van der Waals surface area contributed by atoms with Crippen LogP contribution in [0.4, 0.5) is 0 Å². The van der Waals surface area contributed by atoms with Gasteiger partial charge in [-0.1, -0.05) is 36.4 Å². The minimum absolute atomic E-state index is 0.116. The third-order valence-electron chi connectivity index (χ3n) is 5.10. The van der Waals surface area contributed by atoms with Gasteiger partial charge in [-0.15, -0.1) is 11.3 Å². The van der Waals surface area contributed by atoms with Gasteiger partial charge in [0.05, 0.1) is 10.2 Å². The van der Waals surface area contributed by atoms with Gasteiger partial charge in [-0.05, 0) is 41.8 Å². The predicted molar refractivity (Wildman–Crippen MR) is 109 cm³/mol.